The molecule has 0 fully saturated rings. The van der Waals surface area contributed by atoms with Gasteiger partial charge in [0.2, 0.25) is 0 Å². The quantitative estimate of drug-likeness (QED) is 0.831. The van der Waals surface area contributed by atoms with E-state index in [-0.39, 0.29) is 0 Å². The maximum Gasteiger partial charge on any atom is 0.174 e. The first-order valence-corrected chi connectivity index (χ1v) is 6.68. The van der Waals surface area contributed by atoms with Crippen LogP contribution in [-0.2, 0) is 19.6 Å². The molecule has 0 aliphatic rings. The summed E-state index contributed by atoms with van der Waals surface area (Å²) < 4.78 is 10.9. The second-order valence-corrected chi connectivity index (χ2v) is 4.35. The molecule has 0 saturated carbocycles. The van der Waals surface area contributed by atoms with E-state index in [1.807, 2.05) is 18.2 Å². The van der Waals surface area contributed by atoms with E-state index in [0.29, 0.717) is 6.61 Å². The van der Waals surface area contributed by atoms with Gasteiger partial charge < -0.3 is 14.6 Å². The van der Waals surface area contributed by atoms with Crippen molar-refractivity contribution in [3.8, 4) is 5.75 Å². The largest absolute Gasteiger partial charge is 0.486 e. The SMILES string of the molecule is CCNCc1cc(COc2cccc(CC)c2)on1. The Kier molecular flexibility index (Phi) is 4.98. The predicted octanol–water partition coefficient (Wildman–Crippen LogP) is 2.93. The monoisotopic (exact) mass is 260 g/mol. The van der Waals surface area contributed by atoms with Gasteiger partial charge in [0, 0.05) is 12.6 Å². The van der Waals surface area contributed by atoms with Gasteiger partial charge in [0.05, 0.1) is 5.69 Å². The maximum atomic E-state index is 5.70. The average molecular weight is 260 g/mol. The second kappa shape index (κ2) is 6.95. The van der Waals surface area contributed by atoms with Gasteiger partial charge in [0.15, 0.2) is 5.76 Å². The van der Waals surface area contributed by atoms with Crippen molar-refractivity contribution in [3.63, 3.8) is 0 Å². The van der Waals surface area contributed by atoms with Crippen LogP contribution in [0.1, 0.15) is 30.9 Å². The molecule has 0 radical (unpaired) electrons. The fraction of sp³-hybridized carbons (Fsp3) is 0.400. The number of hydrogen-bond acceptors (Lipinski definition) is 4. The number of rotatable bonds is 7. The number of benzene rings is 1. The van der Waals surface area contributed by atoms with Crippen molar-refractivity contribution < 1.29 is 9.26 Å². The second-order valence-electron chi connectivity index (χ2n) is 4.35. The van der Waals surface area contributed by atoms with Gasteiger partial charge in [-0.15, -0.1) is 0 Å². The molecule has 0 aliphatic carbocycles. The highest BCUT2D eigenvalue weighted by Crippen LogP contribution is 2.15. The minimum Gasteiger partial charge on any atom is -0.486 e. The molecule has 4 nitrogen and oxygen atoms in total. The van der Waals surface area contributed by atoms with Crippen LogP contribution in [0, 0.1) is 0 Å². The minimum absolute atomic E-state index is 0.409. The average Bonchev–Trinajstić information content (AvgIpc) is 2.91. The standard InChI is InChI=1S/C15H20N2O2/c1-3-12-6-5-7-14(8-12)18-11-15-9-13(17-19-15)10-16-4-2/h5-9,16H,3-4,10-11H2,1-2H3. The van der Waals surface area contributed by atoms with E-state index in [1.54, 1.807) is 0 Å². The third kappa shape index (κ3) is 4.10. The molecular weight excluding hydrogens is 240 g/mol. The number of aryl methyl sites for hydroxylation is 1. The van der Waals surface area contributed by atoms with Gasteiger partial charge >= 0.3 is 0 Å². The van der Waals surface area contributed by atoms with E-state index in [0.717, 1.165) is 36.7 Å². The summed E-state index contributed by atoms with van der Waals surface area (Å²) in [5.74, 6) is 1.61. The Hall–Kier alpha value is -1.81. The highest BCUT2D eigenvalue weighted by atomic mass is 16.5. The summed E-state index contributed by atoms with van der Waals surface area (Å²) in [6, 6.07) is 10.0. The molecule has 0 spiro atoms. The first kappa shape index (κ1) is 13.6. The molecule has 2 rings (SSSR count). The van der Waals surface area contributed by atoms with Gasteiger partial charge in [-0.1, -0.05) is 31.1 Å². The lowest BCUT2D eigenvalue weighted by Crippen LogP contribution is -2.11. The summed E-state index contributed by atoms with van der Waals surface area (Å²) in [6.45, 7) is 6.24. The first-order valence-electron chi connectivity index (χ1n) is 6.68. The van der Waals surface area contributed by atoms with Crippen molar-refractivity contribution in [3.05, 3.63) is 47.3 Å². The van der Waals surface area contributed by atoms with E-state index < -0.39 is 0 Å². The number of aromatic nitrogens is 1. The minimum atomic E-state index is 0.409. The summed E-state index contributed by atoms with van der Waals surface area (Å²) in [5, 5.41) is 7.19. The fourth-order valence-corrected chi connectivity index (χ4v) is 1.77. The zero-order chi connectivity index (χ0) is 13.5. The number of hydrogen-bond donors (Lipinski definition) is 1. The summed E-state index contributed by atoms with van der Waals surface area (Å²) in [6.07, 6.45) is 1.01. The Labute approximate surface area is 113 Å². The van der Waals surface area contributed by atoms with E-state index >= 15 is 0 Å². The smallest absolute Gasteiger partial charge is 0.174 e. The Balaban J connectivity index is 1.89. The zero-order valence-corrected chi connectivity index (χ0v) is 11.5. The molecule has 1 heterocycles. The molecule has 1 aromatic heterocycles. The summed E-state index contributed by atoms with van der Waals surface area (Å²) in [4.78, 5) is 0. The van der Waals surface area contributed by atoms with Crippen LogP contribution in [0.5, 0.6) is 5.75 Å². The highest BCUT2D eigenvalue weighted by molar-refractivity contribution is 5.28. The van der Waals surface area contributed by atoms with E-state index in [2.05, 4.69) is 36.5 Å². The third-order valence-corrected chi connectivity index (χ3v) is 2.85. The molecule has 0 unspecified atom stereocenters. The molecule has 1 N–H and O–H groups in total. The third-order valence-electron chi connectivity index (χ3n) is 2.85. The number of nitrogens with one attached hydrogen (secondary N) is 1. The van der Waals surface area contributed by atoms with Crippen LogP contribution in [0.25, 0.3) is 0 Å². The maximum absolute atomic E-state index is 5.70. The van der Waals surface area contributed by atoms with Gasteiger partial charge in [-0.05, 0) is 30.7 Å². The van der Waals surface area contributed by atoms with Crippen molar-refractivity contribution in [1.82, 2.24) is 10.5 Å². The molecular formula is C15H20N2O2. The molecule has 0 aliphatic heterocycles. The van der Waals surface area contributed by atoms with Crippen LogP contribution in [0.15, 0.2) is 34.9 Å². The van der Waals surface area contributed by atoms with E-state index in [1.165, 1.54) is 5.56 Å². The van der Waals surface area contributed by atoms with Crippen molar-refractivity contribution >= 4 is 0 Å². The van der Waals surface area contributed by atoms with Crippen molar-refractivity contribution in [2.45, 2.75) is 33.4 Å². The lowest BCUT2D eigenvalue weighted by atomic mass is 10.2. The van der Waals surface area contributed by atoms with Crippen LogP contribution in [-0.4, -0.2) is 11.7 Å². The van der Waals surface area contributed by atoms with E-state index in [9.17, 15) is 0 Å². The molecule has 0 saturated heterocycles. The Morgan fingerprint density at radius 3 is 2.95 bits per heavy atom. The number of nitrogens with zero attached hydrogens (tertiary/aromatic N) is 1. The van der Waals surface area contributed by atoms with Gasteiger partial charge in [-0.2, -0.15) is 0 Å². The molecule has 102 valence electrons. The normalized spacial score (nSPS) is 10.6. The van der Waals surface area contributed by atoms with Crippen molar-refractivity contribution in [1.29, 1.82) is 0 Å². The zero-order valence-electron chi connectivity index (χ0n) is 11.5. The number of ether oxygens (including phenoxy) is 1. The highest BCUT2D eigenvalue weighted by Gasteiger charge is 2.04. The summed E-state index contributed by atoms with van der Waals surface area (Å²) in [5.41, 5.74) is 2.17. The summed E-state index contributed by atoms with van der Waals surface area (Å²) >= 11 is 0. The lowest BCUT2D eigenvalue weighted by molar-refractivity contribution is 0.248. The fourth-order valence-electron chi connectivity index (χ4n) is 1.77. The van der Waals surface area contributed by atoms with Crippen molar-refractivity contribution in [2.24, 2.45) is 0 Å². The summed E-state index contributed by atoms with van der Waals surface area (Å²) in [7, 11) is 0. The molecule has 0 atom stereocenters. The molecule has 0 bridgehead atoms. The molecule has 4 heteroatoms. The lowest BCUT2D eigenvalue weighted by Gasteiger charge is -2.04. The van der Waals surface area contributed by atoms with Crippen LogP contribution in [0.3, 0.4) is 0 Å². The van der Waals surface area contributed by atoms with Crippen LogP contribution in [0.2, 0.25) is 0 Å². The molecule has 19 heavy (non-hydrogen) atoms. The van der Waals surface area contributed by atoms with Crippen LogP contribution in [0.4, 0.5) is 0 Å². The Morgan fingerprint density at radius 2 is 2.16 bits per heavy atom. The topological polar surface area (TPSA) is 47.3 Å². The van der Waals surface area contributed by atoms with E-state index in [4.69, 9.17) is 9.26 Å². The van der Waals surface area contributed by atoms with Gasteiger partial charge in [0.25, 0.3) is 0 Å². The molecule has 1 aromatic carbocycles. The van der Waals surface area contributed by atoms with Crippen molar-refractivity contribution in [2.75, 3.05) is 6.54 Å². The Bertz CT molecular complexity index is 508. The van der Waals surface area contributed by atoms with Crippen LogP contribution >= 0.6 is 0 Å². The van der Waals surface area contributed by atoms with Crippen LogP contribution < -0.4 is 10.1 Å². The first-order chi connectivity index (χ1) is 9.31. The Morgan fingerprint density at radius 1 is 1.26 bits per heavy atom. The predicted molar refractivity (Wildman–Crippen MR) is 74.0 cm³/mol. The van der Waals surface area contributed by atoms with Gasteiger partial charge in [-0.3, -0.25) is 0 Å². The van der Waals surface area contributed by atoms with Gasteiger partial charge in [0.1, 0.15) is 12.4 Å². The molecule has 0 amide bonds. The molecule has 2 aromatic rings. The van der Waals surface area contributed by atoms with Gasteiger partial charge in [-0.25, -0.2) is 0 Å².